The van der Waals surface area contributed by atoms with Crippen molar-refractivity contribution in [2.45, 2.75) is 18.0 Å². The summed E-state index contributed by atoms with van der Waals surface area (Å²) in [5.74, 6) is -1.79. The molecular formula is C14H14F3N5O4S. The lowest BCUT2D eigenvalue weighted by Gasteiger charge is -2.10. The van der Waals surface area contributed by atoms with E-state index in [1.54, 1.807) is 0 Å². The third-order valence-electron chi connectivity index (χ3n) is 3.34. The molecule has 0 aliphatic rings. The van der Waals surface area contributed by atoms with Crippen molar-refractivity contribution in [3.63, 3.8) is 0 Å². The lowest BCUT2D eigenvalue weighted by atomic mass is 10.2. The Bertz CT molecular complexity index is 985. The first-order valence-electron chi connectivity index (χ1n) is 7.23. The number of benzene rings is 1. The Labute approximate surface area is 151 Å². The van der Waals surface area contributed by atoms with Crippen LogP contribution in [0, 0.1) is 6.92 Å². The molecule has 2 aromatic rings. The van der Waals surface area contributed by atoms with Crippen molar-refractivity contribution in [2.75, 3.05) is 11.9 Å². The molecule has 2 rings (SSSR count). The number of primary amides is 1. The van der Waals surface area contributed by atoms with Gasteiger partial charge in [0, 0.05) is 0 Å². The Hall–Kier alpha value is -2.93. The number of aryl methyl sites for hydroxylation is 1. The minimum absolute atomic E-state index is 0.0224. The fourth-order valence-electron chi connectivity index (χ4n) is 2.03. The van der Waals surface area contributed by atoms with Gasteiger partial charge in [-0.1, -0.05) is 6.07 Å². The molecule has 0 radical (unpaired) electrons. The first-order chi connectivity index (χ1) is 12.4. The van der Waals surface area contributed by atoms with Crippen LogP contribution in [-0.2, 0) is 21.0 Å². The van der Waals surface area contributed by atoms with Gasteiger partial charge < -0.3 is 11.1 Å². The minimum atomic E-state index is -4.72. The van der Waals surface area contributed by atoms with Gasteiger partial charge in [-0.2, -0.15) is 18.3 Å². The number of aromatic amines is 1. The van der Waals surface area contributed by atoms with E-state index in [0.29, 0.717) is 11.8 Å². The Morgan fingerprint density at radius 3 is 2.56 bits per heavy atom. The molecule has 2 amide bonds. The molecule has 0 saturated carbocycles. The Balaban J connectivity index is 2.11. The van der Waals surface area contributed by atoms with Crippen molar-refractivity contribution in [1.82, 2.24) is 14.9 Å². The molecule has 1 heterocycles. The summed E-state index contributed by atoms with van der Waals surface area (Å²) in [6, 6.07) is 3.07. The number of rotatable bonds is 6. The summed E-state index contributed by atoms with van der Waals surface area (Å²) in [6.45, 7) is 0.698. The number of aromatic nitrogens is 2. The topological polar surface area (TPSA) is 147 Å². The number of alkyl halides is 3. The van der Waals surface area contributed by atoms with E-state index in [9.17, 15) is 31.2 Å². The number of anilines is 1. The van der Waals surface area contributed by atoms with Gasteiger partial charge in [-0.15, -0.1) is 0 Å². The molecule has 0 spiro atoms. The second kappa shape index (κ2) is 7.36. The Morgan fingerprint density at radius 2 is 1.96 bits per heavy atom. The number of carbonyl (C=O) groups is 2. The third-order valence-corrected chi connectivity index (χ3v) is 4.74. The van der Waals surface area contributed by atoms with Crippen LogP contribution in [0.5, 0.6) is 0 Å². The van der Waals surface area contributed by atoms with Gasteiger partial charge in [0.1, 0.15) is 0 Å². The average molecular weight is 405 g/mol. The molecule has 0 aliphatic heterocycles. The van der Waals surface area contributed by atoms with Crippen LogP contribution in [0.3, 0.4) is 0 Å². The summed E-state index contributed by atoms with van der Waals surface area (Å²) in [5, 5.41) is 8.29. The van der Waals surface area contributed by atoms with Gasteiger partial charge in [0.2, 0.25) is 15.9 Å². The highest BCUT2D eigenvalue weighted by Crippen LogP contribution is 2.30. The number of carbonyl (C=O) groups excluding carboxylic acids is 2. The predicted molar refractivity (Wildman–Crippen MR) is 87.1 cm³/mol. The average Bonchev–Trinajstić information content (AvgIpc) is 2.93. The monoisotopic (exact) mass is 405 g/mol. The molecule has 1 aromatic heterocycles. The first kappa shape index (κ1) is 20.4. The van der Waals surface area contributed by atoms with Gasteiger partial charge in [0.15, 0.2) is 5.69 Å². The van der Waals surface area contributed by atoms with E-state index in [-0.39, 0.29) is 11.4 Å². The normalized spacial score (nSPS) is 12.0. The molecule has 0 aliphatic carbocycles. The molecule has 0 saturated heterocycles. The highest BCUT2D eigenvalue weighted by atomic mass is 32.2. The smallest absolute Gasteiger partial charge is 0.364 e. The highest BCUT2D eigenvalue weighted by Gasteiger charge is 2.31. The zero-order valence-corrected chi connectivity index (χ0v) is 14.5. The van der Waals surface area contributed by atoms with Crippen LogP contribution in [0.25, 0.3) is 0 Å². The molecule has 27 heavy (non-hydrogen) atoms. The van der Waals surface area contributed by atoms with Gasteiger partial charge >= 0.3 is 6.18 Å². The van der Waals surface area contributed by atoms with E-state index in [2.05, 4.69) is 15.5 Å². The van der Waals surface area contributed by atoms with Crippen molar-refractivity contribution in [3.8, 4) is 0 Å². The number of H-pyrrole nitrogens is 1. The molecule has 0 bridgehead atoms. The van der Waals surface area contributed by atoms with E-state index in [0.717, 1.165) is 18.2 Å². The maximum Gasteiger partial charge on any atom is 0.416 e. The quantitative estimate of drug-likeness (QED) is 0.560. The van der Waals surface area contributed by atoms with Gasteiger partial charge in [-0.3, -0.25) is 14.7 Å². The number of sulfonamides is 1. The van der Waals surface area contributed by atoms with Crippen LogP contribution < -0.4 is 15.8 Å². The lowest BCUT2D eigenvalue weighted by molar-refractivity contribution is -0.137. The summed E-state index contributed by atoms with van der Waals surface area (Å²) in [7, 11) is -4.38. The number of hydrogen-bond donors (Lipinski definition) is 4. The fourth-order valence-corrected chi connectivity index (χ4v) is 3.06. The van der Waals surface area contributed by atoms with Crippen molar-refractivity contribution in [3.05, 3.63) is 41.2 Å². The number of nitrogens with one attached hydrogen (secondary N) is 3. The largest absolute Gasteiger partial charge is 0.416 e. The van der Waals surface area contributed by atoms with Gasteiger partial charge in [-0.05, 0) is 25.1 Å². The van der Waals surface area contributed by atoms with Crippen molar-refractivity contribution in [1.29, 1.82) is 0 Å². The third kappa shape index (κ3) is 4.83. The van der Waals surface area contributed by atoms with Crippen LogP contribution in [0.4, 0.5) is 18.9 Å². The molecule has 13 heteroatoms. The van der Waals surface area contributed by atoms with E-state index in [1.807, 2.05) is 4.72 Å². The second-order valence-electron chi connectivity index (χ2n) is 5.33. The van der Waals surface area contributed by atoms with E-state index in [4.69, 9.17) is 5.73 Å². The van der Waals surface area contributed by atoms with Crippen LogP contribution in [0.2, 0.25) is 0 Å². The second-order valence-corrected chi connectivity index (χ2v) is 7.10. The SMILES string of the molecule is Cc1[nH]nc(C(N)=O)c1NC(=O)CNS(=O)(=O)c1cccc(C(F)(F)F)c1. The summed E-state index contributed by atoms with van der Waals surface area (Å²) in [5.41, 5.74) is 3.99. The van der Waals surface area contributed by atoms with E-state index >= 15 is 0 Å². The van der Waals surface area contributed by atoms with Crippen LogP contribution in [0.1, 0.15) is 21.7 Å². The maximum atomic E-state index is 12.7. The van der Waals surface area contributed by atoms with Gasteiger partial charge in [-0.25, -0.2) is 13.1 Å². The molecular weight excluding hydrogens is 391 g/mol. The van der Waals surface area contributed by atoms with Crippen LogP contribution in [-0.4, -0.2) is 37.0 Å². The predicted octanol–water partition coefficient (Wildman–Crippen LogP) is 0.753. The standard InChI is InChI=1S/C14H14F3N5O4S/c1-7-11(12(13(18)24)22-21-7)20-10(23)6-19-27(25,26)9-4-2-3-8(5-9)14(15,16)17/h2-5,19H,6H2,1H3,(H2,18,24)(H,20,23)(H,21,22). The fraction of sp³-hybridized carbons (Fsp3) is 0.214. The molecule has 146 valence electrons. The van der Waals surface area contributed by atoms with Crippen LogP contribution in [0.15, 0.2) is 29.2 Å². The number of hydrogen-bond acceptors (Lipinski definition) is 5. The minimum Gasteiger partial charge on any atom is -0.364 e. The molecule has 9 nitrogen and oxygen atoms in total. The van der Waals surface area contributed by atoms with Crippen molar-refractivity contribution < 1.29 is 31.2 Å². The molecule has 5 N–H and O–H groups in total. The lowest BCUT2D eigenvalue weighted by Crippen LogP contribution is -2.33. The van der Waals surface area contributed by atoms with Gasteiger partial charge in [0.05, 0.1) is 28.4 Å². The summed E-state index contributed by atoms with van der Waals surface area (Å²) < 4.78 is 64.2. The molecule has 0 atom stereocenters. The Morgan fingerprint density at radius 1 is 1.30 bits per heavy atom. The zero-order valence-electron chi connectivity index (χ0n) is 13.7. The van der Waals surface area contributed by atoms with Crippen molar-refractivity contribution >= 4 is 27.5 Å². The highest BCUT2D eigenvalue weighted by molar-refractivity contribution is 7.89. The molecule has 1 aromatic carbocycles. The summed E-state index contributed by atoms with van der Waals surface area (Å²) in [4.78, 5) is 22.5. The van der Waals surface area contributed by atoms with Crippen molar-refractivity contribution in [2.24, 2.45) is 5.73 Å². The summed E-state index contributed by atoms with van der Waals surface area (Å²) >= 11 is 0. The number of amides is 2. The molecule has 0 unspecified atom stereocenters. The zero-order chi connectivity index (χ0) is 20.4. The number of halogens is 3. The van der Waals surface area contributed by atoms with Gasteiger partial charge in [0.25, 0.3) is 5.91 Å². The van der Waals surface area contributed by atoms with E-state index < -0.39 is 45.0 Å². The molecule has 0 fully saturated rings. The Kier molecular flexibility index (Phi) is 5.56. The maximum absolute atomic E-state index is 12.7. The number of nitrogens with zero attached hydrogens (tertiary/aromatic N) is 1. The first-order valence-corrected chi connectivity index (χ1v) is 8.71. The summed E-state index contributed by atoms with van der Waals surface area (Å²) in [6.07, 6.45) is -4.72. The number of nitrogens with two attached hydrogens (primary N) is 1. The van der Waals surface area contributed by atoms with E-state index in [1.165, 1.54) is 6.92 Å². The van der Waals surface area contributed by atoms with Crippen LogP contribution >= 0.6 is 0 Å².